The minimum absolute atomic E-state index is 0.0139. The van der Waals surface area contributed by atoms with Gasteiger partial charge in [-0.2, -0.15) is 0 Å². The van der Waals surface area contributed by atoms with Gasteiger partial charge in [0.25, 0.3) is 0 Å². The van der Waals surface area contributed by atoms with Gasteiger partial charge >= 0.3 is 0 Å². The van der Waals surface area contributed by atoms with E-state index in [9.17, 15) is 0 Å². The summed E-state index contributed by atoms with van der Waals surface area (Å²) in [5.41, 5.74) is 2.85. The second-order valence-electron chi connectivity index (χ2n) is 6.00. The molecule has 0 bridgehead atoms. The minimum atomic E-state index is 0.0139. The van der Waals surface area contributed by atoms with E-state index < -0.39 is 0 Å². The highest BCUT2D eigenvalue weighted by molar-refractivity contribution is 5.29. The van der Waals surface area contributed by atoms with Crippen molar-refractivity contribution in [1.82, 2.24) is 5.32 Å². The molecule has 1 fully saturated rings. The third-order valence-electron chi connectivity index (χ3n) is 4.55. The van der Waals surface area contributed by atoms with Crippen molar-refractivity contribution in [3.8, 4) is 0 Å². The van der Waals surface area contributed by atoms with Crippen molar-refractivity contribution in [3.63, 3.8) is 0 Å². The predicted molar refractivity (Wildman–Crippen MR) is 85.1 cm³/mol. The van der Waals surface area contributed by atoms with E-state index >= 15 is 0 Å². The van der Waals surface area contributed by atoms with Crippen molar-refractivity contribution in [3.05, 3.63) is 35.4 Å². The monoisotopic (exact) mass is 275 g/mol. The highest BCUT2D eigenvalue weighted by Crippen LogP contribution is 2.45. The highest BCUT2D eigenvalue weighted by Gasteiger charge is 2.44. The van der Waals surface area contributed by atoms with Crippen molar-refractivity contribution in [1.29, 1.82) is 0 Å². The molecule has 2 rings (SSSR count). The van der Waals surface area contributed by atoms with Crippen LogP contribution in [0.2, 0.25) is 0 Å². The molecule has 1 aliphatic carbocycles. The van der Waals surface area contributed by atoms with Crippen LogP contribution in [0.25, 0.3) is 0 Å². The molecule has 2 nitrogen and oxygen atoms in total. The minimum Gasteiger partial charge on any atom is -0.376 e. The number of benzene rings is 1. The molecule has 0 spiro atoms. The molecule has 1 atom stereocenters. The molecular weight excluding hydrogens is 246 g/mol. The summed E-state index contributed by atoms with van der Waals surface area (Å²) in [6.45, 7) is 5.51. The molecule has 2 heteroatoms. The molecule has 20 heavy (non-hydrogen) atoms. The van der Waals surface area contributed by atoms with Gasteiger partial charge in [-0.05, 0) is 49.8 Å². The van der Waals surface area contributed by atoms with Gasteiger partial charge in [-0.15, -0.1) is 0 Å². The Morgan fingerprint density at radius 3 is 2.60 bits per heavy atom. The molecule has 0 aliphatic heterocycles. The van der Waals surface area contributed by atoms with Gasteiger partial charge < -0.3 is 10.1 Å². The zero-order valence-corrected chi connectivity index (χ0v) is 13.2. The van der Waals surface area contributed by atoms with Crippen LogP contribution in [0.1, 0.15) is 63.1 Å². The summed E-state index contributed by atoms with van der Waals surface area (Å²) in [6.07, 6.45) is 7.14. The van der Waals surface area contributed by atoms with Crippen LogP contribution in [0.3, 0.4) is 0 Å². The quantitative estimate of drug-likeness (QED) is 0.766. The number of nitrogens with one attached hydrogen (secondary N) is 1. The van der Waals surface area contributed by atoms with E-state index in [2.05, 4.69) is 43.4 Å². The second kappa shape index (κ2) is 7.24. The van der Waals surface area contributed by atoms with Crippen LogP contribution in [0.5, 0.6) is 0 Å². The summed E-state index contributed by atoms with van der Waals surface area (Å²) < 4.78 is 5.92. The third-order valence-corrected chi connectivity index (χ3v) is 4.55. The first-order valence-electron chi connectivity index (χ1n) is 8.13. The lowest BCUT2D eigenvalue weighted by atomic mass is 9.72. The van der Waals surface area contributed by atoms with Crippen LogP contribution < -0.4 is 5.32 Å². The normalized spacial score (nSPS) is 18.6. The van der Waals surface area contributed by atoms with Gasteiger partial charge in [0, 0.05) is 7.11 Å². The topological polar surface area (TPSA) is 21.3 Å². The van der Waals surface area contributed by atoms with E-state index in [4.69, 9.17) is 4.74 Å². The predicted octanol–water partition coefficient (Wildman–Crippen LogP) is 4.25. The highest BCUT2D eigenvalue weighted by atomic mass is 16.5. The standard InChI is InChI=1S/C18H29NO/c1-4-8-15-9-6-10-16(14-15)17(19-13-5-2)18(20-3)11-7-12-18/h6,9-10,14,17,19H,4-5,7-8,11-13H2,1-3H3. The van der Waals surface area contributed by atoms with Crippen LogP contribution in [0.4, 0.5) is 0 Å². The Hall–Kier alpha value is -0.860. The molecule has 1 aliphatic rings. The molecular formula is C18H29NO. The first-order chi connectivity index (χ1) is 9.75. The average Bonchev–Trinajstić information content (AvgIpc) is 2.42. The molecule has 0 heterocycles. The van der Waals surface area contributed by atoms with E-state index in [1.165, 1.54) is 36.8 Å². The first-order valence-corrected chi connectivity index (χ1v) is 8.13. The molecule has 1 N–H and O–H groups in total. The lowest BCUT2D eigenvalue weighted by Crippen LogP contribution is -2.50. The second-order valence-corrected chi connectivity index (χ2v) is 6.00. The van der Waals surface area contributed by atoms with Crippen molar-refractivity contribution < 1.29 is 4.74 Å². The maximum absolute atomic E-state index is 5.92. The Morgan fingerprint density at radius 1 is 1.25 bits per heavy atom. The summed E-state index contributed by atoms with van der Waals surface area (Å²) in [4.78, 5) is 0. The van der Waals surface area contributed by atoms with Gasteiger partial charge in [0.05, 0.1) is 11.6 Å². The van der Waals surface area contributed by atoms with Crippen molar-refractivity contribution in [2.45, 2.75) is 64.0 Å². The molecule has 112 valence electrons. The van der Waals surface area contributed by atoms with Gasteiger partial charge in [0.2, 0.25) is 0 Å². The average molecular weight is 275 g/mol. The van der Waals surface area contributed by atoms with Crippen LogP contribution in [0, 0.1) is 0 Å². The van der Waals surface area contributed by atoms with Crippen LogP contribution in [-0.4, -0.2) is 19.3 Å². The van der Waals surface area contributed by atoms with Crippen LogP contribution >= 0.6 is 0 Å². The molecule has 0 amide bonds. The number of aryl methyl sites for hydroxylation is 1. The van der Waals surface area contributed by atoms with Crippen LogP contribution in [-0.2, 0) is 11.2 Å². The van der Waals surface area contributed by atoms with Gasteiger partial charge in [0.1, 0.15) is 0 Å². The van der Waals surface area contributed by atoms with E-state index in [1.807, 2.05) is 7.11 Å². The van der Waals surface area contributed by atoms with Gasteiger partial charge in [0.15, 0.2) is 0 Å². The SMILES string of the molecule is CCCNC(c1cccc(CCC)c1)C1(OC)CCC1. The Kier molecular flexibility index (Phi) is 5.62. The van der Waals surface area contributed by atoms with E-state index in [0.29, 0.717) is 6.04 Å². The fraction of sp³-hybridized carbons (Fsp3) is 0.667. The fourth-order valence-electron chi connectivity index (χ4n) is 3.25. The van der Waals surface area contributed by atoms with E-state index in [0.717, 1.165) is 19.4 Å². The molecule has 0 aromatic heterocycles. The number of hydrogen-bond donors (Lipinski definition) is 1. The van der Waals surface area contributed by atoms with E-state index in [-0.39, 0.29) is 5.60 Å². The van der Waals surface area contributed by atoms with Crippen LogP contribution in [0.15, 0.2) is 24.3 Å². The Balaban J connectivity index is 2.23. The first kappa shape index (κ1) is 15.5. The molecule has 1 unspecified atom stereocenters. The lowest BCUT2D eigenvalue weighted by molar-refractivity contribution is -0.0997. The lowest BCUT2D eigenvalue weighted by Gasteiger charge is -2.47. The number of methoxy groups -OCH3 is 1. The van der Waals surface area contributed by atoms with Gasteiger partial charge in [-0.1, -0.05) is 44.5 Å². The molecule has 0 saturated heterocycles. The number of hydrogen-bond acceptors (Lipinski definition) is 2. The summed E-state index contributed by atoms with van der Waals surface area (Å²) in [5.74, 6) is 0. The summed E-state index contributed by atoms with van der Waals surface area (Å²) >= 11 is 0. The maximum atomic E-state index is 5.92. The van der Waals surface area contributed by atoms with Gasteiger partial charge in [-0.25, -0.2) is 0 Å². The van der Waals surface area contributed by atoms with Gasteiger partial charge in [-0.3, -0.25) is 0 Å². The van der Waals surface area contributed by atoms with Crippen molar-refractivity contribution in [2.75, 3.05) is 13.7 Å². The summed E-state index contributed by atoms with van der Waals surface area (Å²) in [6, 6.07) is 9.40. The zero-order chi connectivity index (χ0) is 14.4. The summed E-state index contributed by atoms with van der Waals surface area (Å²) in [7, 11) is 1.87. The zero-order valence-electron chi connectivity index (χ0n) is 13.2. The maximum Gasteiger partial charge on any atom is 0.0872 e. The summed E-state index contributed by atoms with van der Waals surface area (Å²) in [5, 5.41) is 3.72. The Bertz CT molecular complexity index is 406. The number of ether oxygens (including phenoxy) is 1. The Labute approximate surface area is 123 Å². The van der Waals surface area contributed by atoms with E-state index in [1.54, 1.807) is 0 Å². The molecule has 0 radical (unpaired) electrons. The Morgan fingerprint density at radius 2 is 2.05 bits per heavy atom. The number of rotatable bonds is 8. The largest absolute Gasteiger partial charge is 0.376 e. The molecule has 1 aromatic rings. The molecule has 1 saturated carbocycles. The fourth-order valence-corrected chi connectivity index (χ4v) is 3.25. The third kappa shape index (κ3) is 3.24. The smallest absolute Gasteiger partial charge is 0.0872 e. The molecule has 1 aromatic carbocycles. The van der Waals surface area contributed by atoms with Crippen molar-refractivity contribution >= 4 is 0 Å². The van der Waals surface area contributed by atoms with Crippen molar-refractivity contribution in [2.24, 2.45) is 0 Å².